The van der Waals surface area contributed by atoms with E-state index in [0.717, 1.165) is 10.9 Å². The Morgan fingerprint density at radius 3 is 2.10 bits per heavy atom. The van der Waals surface area contributed by atoms with E-state index in [1.807, 2.05) is 0 Å². The van der Waals surface area contributed by atoms with Crippen molar-refractivity contribution in [1.29, 1.82) is 0 Å². The molecule has 0 bridgehead atoms. The monoisotopic (exact) mass is 354 g/mol. The normalized spacial score (nSPS) is 12.5. The van der Waals surface area contributed by atoms with Gasteiger partial charge in [0, 0.05) is 10.5 Å². The molecule has 1 rings (SSSR count). The van der Waals surface area contributed by atoms with Crippen LogP contribution >= 0.6 is 15.9 Å². The zero-order chi connectivity index (χ0) is 15.3. The molecule has 0 saturated heterocycles. The molecule has 0 amide bonds. The van der Waals surface area contributed by atoms with Crippen LogP contribution in [0.3, 0.4) is 0 Å². The van der Waals surface area contributed by atoms with E-state index in [1.54, 1.807) is 0 Å². The van der Waals surface area contributed by atoms with Crippen LogP contribution in [0.4, 0.5) is 0 Å². The number of hydrogen-bond acceptors (Lipinski definition) is 2. The van der Waals surface area contributed by atoms with Gasteiger partial charge in [-0.2, -0.15) is 0 Å². The maximum absolute atomic E-state index is 5.69. The van der Waals surface area contributed by atoms with E-state index in [0.29, 0.717) is 6.04 Å². The van der Waals surface area contributed by atoms with Crippen LogP contribution in [0, 0.1) is 0 Å². The molecule has 1 unspecified atom stereocenters. The lowest BCUT2D eigenvalue weighted by atomic mass is 10.00. The molecule has 21 heavy (non-hydrogen) atoms. The maximum Gasteiger partial charge on any atom is 0.0250 e. The summed E-state index contributed by atoms with van der Waals surface area (Å²) in [4.78, 5) is 0. The van der Waals surface area contributed by atoms with Gasteiger partial charge in [0.2, 0.25) is 0 Å². The van der Waals surface area contributed by atoms with Gasteiger partial charge in [0.25, 0.3) is 0 Å². The van der Waals surface area contributed by atoms with Gasteiger partial charge in [0.05, 0.1) is 0 Å². The summed E-state index contributed by atoms with van der Waals surface area (Å²) in [5.41, 5.74) is 4.32. The molecule has 1 aromatic rings. The molecule has 0 heterocycles. The molecule has 0 fully saturated rings. The van der Waals surface area contributed by atoms with Crippen molar-refractivity contribution in [2.45, 2.75) is 77.2 Å². The molecule has 0 aliphatic rings. The van der Waals surface area contributed by atoms with Crippen molar-refractivity contribution in [2.75, 3.05) is 0 Å². The largest absolute Gasteiger partial charge is 0.271 e. The Bertz CT molecular complexity index is 351. The fourth-order valence-electron chi connectivity index (χ4n) is 2.67. The van der Waals surface area contributed by atoms with E-state index in [9.17, 15) is 0 Å². The summed E-state index contributed by atoms with van der Waals surface area (Å²) in [6.45, 7) is 2.27. The topological polar surface area (TPSA) is 38.0 Å². The van der Waals surface area contributed by atoms with Gasteiger partial charge in [0.15, 0.2) is 0 Å². The quantitative estimate of drug-likeness (QED) is 0.301. The summed E-state index contributed by atoms with van der Waals surface area (Å²) in [6, 6.07) is 8.93. The number of halogens is 1. The van der Waals surface area contributed by atoms with Gasteiger partial charge in [0.1, 0.15) is 0 Å². The Morgan fingerprint density at radius 2 is 1.52 bits per heavy atom. The van der Waals surface area contributed by atoms with E-state index >= 15 is 0 Å². The standard InChI is InChI=1S/C18H31BrN2/c1-2-3-4-5-6-7-8-9-10-18(21-20)15-16-11-13-17(19)14-12-16/h11-14,18,21H,2-10,15,20H2,1H3. The van der Waals surface area contributed by atoms with Crippen molar-refractivity contribution in [2.24, 2.45) is 5.84 Å². The van der Waals surface area contributed by atoms with Crippen molar-refractivity contribution in [3.8, 4) is 0 Å². The predicted molar refractivity (Wildman–Crippen MR) is 96.2 cm³/mol. The van der Waals surface area contributed by atoms with Crippen LogP contribution in [0.1, 0.15) is 70.3 Å². The van der Waals surface area contributed by atoms with Crippen LogP contribution in [0.25, 0.3) is 0 Å². The van der Waals surface area contributed by atoms with Gasteiger partial charge in [-0.1, -0.05) is 86.4 Å². The Labute approximate surface area is 139 Å². The van der Waals surface area contributed by atoms with Gasteiger partial charge < -0.3 is 0 Å². The van der Waals surface area contributed by atoms with Crippen LogP contribution in [-0.4, -0.2) is 6.04 Å². The van der Waals surface area contributed by atoms with E-state index in [1.165, 1.54) is 63.4 Å². The predicted octanol–water partition coefficient (Wildman–Crippen LogP) is 5.35. The molecular weight excluding hydrogens is 324 g/mol. The molecule has 0 aromatic heterocycles. The first-order chi connectivity index (χ1) is 10.3. The highest BCUT2D eigenvalue weighted by molar-refractivity contribution is 9.10. The Morgan fingerprint density at radius 1 is 0.952 bits per heavy atom. The molecule has 1 atom stereocenters. The number of nitrogens with two attached hydrogens (primary N) is 1. The molecule has 0 spiro atoms. The zero-order valence-corrected chi connectivity index (χ0v) is 15.0. The average Bonchev–Trinajstić information content (AvgIpc) is 2.50. The second-order valence-electron chi connectivity index (χ2n) is 5.96. The summed E-state index contributed by atoms with van der Waals surface area (Å²) in [6.07, 6.45) is 13.1. The number of hydrogen-bond donors (Lipinski definition) is 2. The minimum absolute atomic E-state index is 0.395. The molecule has 0 aliphatic heterocycles. The van der Waals surface area contributed by atoms with E-state index < -0.39 is 0 Å². The SMILES string of the molecule is CCCCCCCCCCC(Cc1ccc(Br)cc1)NN. The average molecular weight is 355 g/mol. The molecule has 2 nitrogen and oxygen atoms in total. The summed E-state index contributed by atoms with van der Waals surface area (Å²) >= 11 is 3.47. The van der Waals surface area contributed by atoms with Gasteiger partial charge >= 0.3 is 0 Å². The first kappa shape index (κ1) is 18.7. The number of unbranched alkanes of at least 4 members (excludes halogenated alkanes) is 7. The Balaban J connectivity index is 2.09. The molecule has 120 valence electrons. The lowest BCUT2D eigenvalue weighted by Gasteiger charge is -2.16. The van der Waals surface area contributed by atoms with Crippen LogP contribution in [0.5, 0.6) is 0 Å². The summed E-state index contributed by atoms with van der Waals surface area (Å²) in [5.74, 6) is 5.69. The molecule has 3 heteroatoms. The van der Waals surface area contributed by atoms with Crippen LogP contribution in [0.15, 0.2) is 28.7 Å². The molecule has 0 aliphatic carbocycles. The summed E-state index contributed by atoms with van der Waals surface area (Å²) in [5, 5.41) is 0. The Hall–Kier alpha value is -0.380. The zero-order valence-electron chi connectivity index (χ0n) is 13.4. The number of nitrogens with one attached hydrogen (secondary N) is 1. The van der Waals surface area contributed by atoms with Crippen LogP contribution in [0.2, 0.25) is 0 Å². The highest BCUT2D eigenvalue weighted by Gasteiger charge is 2.07. The van der Waals surface area contributed by atoms with Crippen LogP contribution < -0.4 is 11.3 Å². The van der Waals surface area contributed by atoms with Gasteiger partial charge in [-0.3, -0.25) is 11.3 Å². The van der Waals surface area contributed by atoms with E-state index in [4.69, 9.17) is 5.84 Å². The first-order valence-electron chi connectivity index (χ1n) is 8.46. The summed E-state index contributed by atoms with van der Waals surface area (Å²) < 4.78 is 1.13. The highest BCUT2D eigenvalue weighted by Crippen LogP contribution is 2.15. The third kappa shape index (κ3) is 9.28. The molecule has 1 aromatic carbocycles. The van der Waals surface area contributed by atoms with Crippen LogP contribution in [-0.2, 0) is 6.42 Å². The lowest BCUT2D eigenvalue weighted by Crippen LogP contribution is -2.36. The molecular formula is C18H31BrN2. The van der Waals surface area contributed by atoms with Crippen molar-refractivity contribution >= 4 is 15.9 Å². The fourth-order valence-corrected chi connectivity index (χ4v) is 2.94. The van der Waals surface area contributed by atoms with Gasteiger partial charge in [-0.05, 0) is 30.5 Å². The Kier molecular flexibility index (Phi) is 10.8. The molecule has 3 N–H and O–H groups in total. The molecule has 0 radical (unpaired) electrons. The van der Waals surface area contributed by atoms with Gasteiger partial charge in [-0.25, -0.2) is 0 Å². The van der Waals surface area contributed by atoms with E-state index in [-0.39, 0.29) is 0 Å². The minimum atomic E-state index is 0.395. The van der Waals surface area contributed by atoms with Crippen molar-refractivity contribution < 1.29 is 0 Å². The lowest BCUT2D eigenvalue weighted by molar-refractivity contribution is 0.458. The maximum atomic E-state index is 5.69. The third-order valence-electron chi connectivity index (χ3n) is 4.04. The smallest absolute Gasteiger partial charge is 0.0250 e. The minimum Gasteiger partial charge on any atom is -0.271 e. The van der Waals surface area contributed by atoms with Crippen molar-refractivity contribution in [3.63, 3.8) is 0 Å². The second-order valence-corrected chi connectivity index (χ2v) is 6.87. The van der Waals surface area contributed by atoms with Gasteiger partial charge in [-0.15, -0.1) is 0 Å². The first-order valence-corrected chi connectivity index (χ1v) is 9.26. The highest BCUT2D eigenvalue weighted by atomic mass is 79.9. The van der Waals surface area contributed by atoms with Crippen molar-refractivity contribution in [1.82, 2.24) is 5.43 Å². The third-order valence-corrected chi connectivity index (χ3v) is 4.57. The number of rotatable bonds is 12. The summed E-state index contributed by atoms with van der Waals surface area (Å²) in [7, 11) is 0. The fraction of sp³-hybridized carbons (Fsp3) is 0.667. The van der Waals surface area contributed by atoms with Crippen molar-refractivity contribution in [3.05, 3.63) is 34.3 Å². The number of benzene rings is 1. The molecule has 0 saturated carbocycles. The van der Waals surface area contributed by atoms with E-state index in [2.05, 4.69) is 52.5 Å². The second kappa shape index (κ2) is 12.2. The number of hydrazine groups is 1.